The highest BCUT2D eigenvalue weighted by Crippen LogP contribution is 2.27. The number of rotatable bonds is 4. The average Bonchev–Trinajstić information content (AvgIpc) is 2.91. The van der Waals surface area contributed by atoms with Crippen molar-refractivity contribution in [1.29, 1.82) is 0 Å². The summed E-state index contributed by atoms with van der Waals surface area (Å²) in [6.45, 7) is 2.97. The maximum atomic E-state index is 11.5. The molecule has 94 valence electrons. The smallest absolute Gasteiger partial charge is 0.360 e. The van der Waals surface area contributed by atoms with Crippen LogP contribution in [0.15, 0.2) is 6.33 Å². The lowest BCUT2D eigenvalue weighted by atomic mass is 10.1. The molecule has 0 bridgehead atoms. The Bertz CT molecular complexity index is 394. The minimum absolute atomic E-state index is 0.241. The van der Waals surface area contributed by atoms with E-state index in [0.717, 1.165) is 6.54 Å². The van der Waals surface area contributed by atoms with E-state index in [-0.39, 0.29) is 5.69 Å². The first-order valence-corrected chi connectivity index (χ1v) is 6.20. The van der Waals surface area contributed by atoms with Crippen molar-refractivity contribution in [3.8, 4) is 0 Å². The van der Waals surface area contributed by atoms with Crippen LogP contribution in [0.4, 0.5) is 5.82 Å². The molecule has 1 saturated carbocycles. The standard InChI is InChI=1S/C12H19N3O2/c1-2-17-12(16)10-11(13)15(8-14-10)7-9-5-3-4-6-9/h8-9H,2-7,13H2,1H3. The summed E-state index contributed by atoms with van der Waals surface area (Å²) >= 11 is 0. The molecule has 0 spiro atoms. The molecule has 5 heteroatoms. The summed E-state index contributed by atoms with van der Waals surface area (Å²) in [5, 5.41) is 0. The van der Waals surface area contributed by atoms with Gasteiger partial charge in [0.25, 0.3) is 0 Å². The Kier molecular flexibility index (Phi) is 3.66. The maximum absolute atomic E-state index is 11.5. The highest BCUT2D eigenvalue weighted by molar-refractivity contribution is 5.92. The topological polar surface area (TPSA) is 70.1 Å². The van der Waals surface area contributed by atoms with E-state index >= 15 is 0 Å². The fourth-order valence-corrected chi connectivity index (χ4v) is 2.37. The number of imidazole rings is 1. The quantitative estimate of drug-likeness (QED) is 0.811. The largest absolute Gasteiger partial charge is 0.461 e. The van der Waals surface area contributed by atoms with Crippen LogP contribution in [0.3, 0.4) is 0 Å². The Morgan fingerprint density at radius 2 is 2.29 bits per heavy atom. The van der Waals surface area contributed by atoms with Crippen molar-refractivity contribution in [2.45, 2.75) is 39.2 Å². The van der Waals surface area contributed by atoms with Gasteiger partial charge in [0.15, 0.2) is 5.69 Å². The second-order valence-corrected chi connectivity index (χ2v) is 4.50. The maximum Gasteiger partial charge on any atom is 0.360 e. The average molecular weight is 237 g/mol. The summed E-state index contributed by atoms with van der Waals surface area (Å²) in [6.07, 6.45) is 6.71. The number of ether oxygens (including phenoxy) is 1. The van der Waals surface area contributed by atoms with Crippen molar-refractivity contribution in [3.05, 3.63) is 12.0 Å². The fraction of sp³-hybridized carbons (Fsp3) is 0.667. The molecule has 0 unspecified atom stereocenters. The highest BCUT2D eigenvalue weighted by atomic mass is 16.5. The monoisotopic (exact) mass is 237 g/mol. The van der Waals surface area contributed by atoms with Crippen LogP contribution < -0.4 is 5.73 Å². The van der Waals surface area contributed by atoms with Gasteiger partial charge in [0.2, 0.25) is 0 Å². The van der Waals surface area contributed by atoms with Gasteiger partial charge in [-0.15, -0.1) is 0 Å². The summed E-state index contributed by atoms with van der Waals surface area (Å²) in [5.74, 6) is 0.659. The van der Waals surface area contributed by atoms with Crippen LogP contribution in [0.5, 0.6) is 0 Å². The van der Waals surface area contributed by atoms with Gasteiger partial charge in [-0.25, -0.2) is 9.78 Å². The first kappa shape index (κ1) is 12.0. The van der Waals surface area contributed by atoms with Gasteiger partial charge in [-0.2, -0.15) is 0 Å². The number of carbonyl (C=O) groups excluding carboxylic acids is 1. The summed E-state index contributed by atoms with van der Waals surface area (Å²) in [4.78, 5) is 15.6. The Hall–Kier alpha value is -1.52. The molecule has 2 N–H and O–H groups in total. The predicted octanol–water partition coefficient (Wildman–Crippen LogP) is 1.83. The number of nitrogens with zero attached hydrogens (tertiary/aromatic N) is 2. The zero-order chi connectivity index (χ0) is 12.3. The van der Waals surface area contributed by atoms with E-state index in [9.17, 15) is 4.79 Å². The SMILES string of the molecule is CCOC(=O)c1ncn(CC2CCCC2)c1N. The van der Waals surface area contributed by atoms with Crippen LogP contribution in [0, 0.1) is 5.92 Å². The number of carbonyl (C=O) groups is 1. The number of hydrogen-bond donors (Lipinski definition) is 1. The van der Waals surface area contributed by atoms with E-state index in [4.69, 9.17) is 10.5 Å². The molecule has 1 aromatic heterocycles. The van der Waals surface area contributed by atoms with Crippen molar-refractivity contribution < 1.29 is 9.53 Å². The van der Waals surface area contributed by atoms with E-state index in [0.29, 0.717) is 18.3 Å². The molecule has 1 aliphatic carbocycles. The molecule has 17 heavy (non-hydrogen) atoms. The van der Waals surface area contributed by atoms with Crippen LogP contribution >= 0.6 is 0 Å². The summed E-state index contributed by atoms with van der Waals surface area (Å²) in [5.41, 5.74) is 6.15. The Morgan fingerprint density at radius 3 is 2.94 bits per heavy atom. The van der Waals surface area contributed by atoms with Crippen molar-refractivity contribution >= 4 is 11.8 Å². The Balaban J connectivity index is 2.06. The van der Waals surface area contributed by atoms with Crippen LogP contribution in [-0.4, -0.2) is 22.1 Å². The van der Waals surface area contributed by atoms with E-state index in [1.54, 1.807) is 13.3 Å². The molecule has 0 aliphatic heterocycles. The lowest BCUT2D eigenvalue weighted by Gasteiger charge is -2.11. The Labute approximate surface area is 101 Å². The van der Waals surface area contributed by atoms with E-state index in [1.165, 1.54) is 25.7 Å². The van der Waals surface area contributed by atoms with Gasteiger partial charge < -0.3 is 15.0 Å². The van der Waals surface area contributed by atoms with Gasteiger partial charge in [-0.1, -0.05) is 12.8 Å². The van der Waals surface area contributed by atoms with E-state index in [1.807, 2.05) is 4.57 Å². The van der Waals surface area contributed by atoms with Crippen LogP contribution in [0.2, 0.25) is 0 Å². The third-order valence-electron chi connectivity index (χ3n) is 3.28. The minimum atomic E-state index is -0.435. The van der Waals surface area contributed by atoms with Gasteiger partial charge in [0, 0.05) is 6.54 Å². The molecule has 1 aromatic rings. The first-order valence-electron chi connectivity index (χ1n) is 6.20. The van der Waals surface area contributed by atoms with Gasteiger partial charge in [-0.3, -0.25) is 0 Å². The molecule has 2 rings (SSSR count). The van der Waals surface area contributed by atoms with Crippen LogP contribution in [0.1, 0.15) is 43.1 Å². The first-order chi connectivity index (χ1) is 8.22. The van der Waals surface area contributed by atoms with Gasteiger partial charge in [0.1, 0.15) is 5.82 Å². The Morgan fingerprint density at radius 1 is 1.59 bits per heavy atom. The van der Waals surface area contributed by atoms with Gasteiger partial charge in [0.05, 0.1) is 12.9 Å². The van der Waals surface area contributed by atoms with Crippen LogP contribution in [-0.2, 0) is 11.3 Å². The molecule has 5 nitrogen and oxygen atoms in total. The van der Waals surface area contributed by atoms with Crippen LogP contribution in [0.25, 0.3) is 0 Å². The number of nitrogen functional groups attached to an aromatic ring is 1. The fourth-order valence-electron chi connectivity index (χ4n) is 2.37. The number of nitrogens with two attached hydrogens (primary N) is 1. The molecule has 0 radical (unpaired) electrons. The lowest BCUT2D eigenvalue weighted by Crippen LogP contribution is -2.12. The molecule has 1 aliphatic rings. The lowest BCUT2D eigenvalue weighted by molar-refractivity contribution is 0.0521. The summed E-state index contributed by atoms with van der Waals surface area (Å²) < 4.78 is 6.76. The third-order valence-corrected chi connectivity index (χ3v) is 3.28. The number of anilines is 1. The summed E-state index contributed by atoms with van der Waals surface area (Å²) in [7, 11) is 0. The zero-order valence-electron chi connectivity index (χ0n) is 10.2. The number of hydrogen-bond acceptors (Lipinski definition) is 4. The minimum Gasteiger partial charge on any atom is -0.461 e. The third kappa shape index (κ3) is 2.60. The van der Waals surface area contributed by atoms with E-state index < -0.39 is 5.97 Å². The number of esters is 1. The molecule has 1 fully saturated rings. The molecule has 0 amide bonds. The van der Waals surface area contributed by atoms with Crippen molar-refractivity contribution in [2.24, 2.45) is 5.92 Å². The van der Waals surface area contributed by atoms with Crippen molar-refractivity contribution in [2.75, 3.05) is 12.3 Å². The zero-order valence-corrected chi connectivity index (χ0v) is 10.2. The molecule has 0 saturated heterocycles. The second kappa shape index (κ2) is 5.21. The van der Waals surface area contributed by atoms with Gasteiger partial charge in [-0.05, 0) is 25.7 Å². The number of aromatic nitrogens is 2. The molecular weight excluding hydrogens is 218 g/mol. The van der Waals surface area contributed by atoms with E-state index in [2.05, 4.69) is 4.98 Å². The highest BCUT2D eigenvalue weighted by Gasteiger charge is 2.20. The van der Waals surface area contributed by atoms with Crippen molar-refractivity contribution in [1.82, 2.24) is 9.55 Å². The summed E-state index contributed by atoms with van der Waals surface area (Å²) in [6, 6.07) is 0. The molecule has 1 heterocycles. The predicted molar refractivity (Wildman–Crippen MR) is 64.6 cm³/mol. The second-order valence-electron chi connectivity index (χ2n) is 4.50. The molecular formula is C12H19N3O2. The van der Waals surface area contributed by atoms with Gasteiger partial charge >= 0.3 is 5.97 Å². The molecule has 0 aromatic carbocycles. The molecule has 0 atom stereocenters. The normalized spacial score (nSPS) is 16.3. The van der Waals surface area contributed by atoms with Crippen molar-refractivity contribution in [3.63, 3.8) is 0 Å².